The van der Waals surface area contributed by atoms with Gasteiger partial charge in [0.05, 0.1) is 18.4 Å². The van der Waals surface area contributed by atoms with Gasteiger partial charge in [-0.15, -0.1) is 0 Å². The van der Waals surface area contributed by atoms with Gasteiger partial charge in [0.25, 0.3) is 10.0 Å². The molecule has 0 bridgehead atoms. The third-order valence-corrected chi connectivity index (χ3v) is 4.87. The number of ketones is 1. The molecule has 1 N–H and O–H groups in total. The van der Waals surface area contributed by atoms with Gasteiger partial charge in [0, 0.05) is 5.56 Å². The number of carbonyl (C=O) groups is 2. The van der Waals surface area contributed by atoms with Gasteiger partial charge in [-0.2, -0.15) is 0 Å². The van der Waals surface area contributed by atoms with Crippen LogP contribution in [0.2, 0.25) is 0 Å². The number of methoxy groups -OCH3 is 1. The van der Waals surface area contributed by atoms with Crippen LogP contribution >= 0.6 is 0 Å². The first-order valence-electron chi connectivity index (χ1n) is 7.08. The smallest absolute Gasteiger partial charge is 0.339 e. The molecule has 24 heavy (non-hydrogen) atoms. The van der Waals surface area contributed by atoms with E-state index in [0.717, 1.165) is 0 Å². The van der Waals surface area contributed by atoms with E-state index in [1.807, 2.05) is 0 Å². The van der Waals surface area contributed by atoms with Crippen LogP contribution in [-0.4, -0.2) is 27.3 Å². The lowest BCUT2D eigenvalue weighted by Gasteiger charge is -2.14. The topological polar surface area (TPSA) is 89.5 Å². The Hall–Kier alpha value is -2.67. The summed E-state index contributed by atoms with van der Waals surface area (Å²) in [5, 5.41) is 0. The van der Waals surface area contributed by atoms with Crippen molar-refractivity contribution in [1.82, 2.24) is 0 Å². The monoisotopic (exact) mass is 347 g/mol. The lowest BCUT2D eigenvalue weighted by atomic mass is 10.1. The zero-order chi connectivity index (χ0) is 17.9. The maximum Gasteiger partial charge on any atom is 0.339 e. The van der Waals surface area contributed by atoms with Crippen molar-refractivity contribution in [3.8, 4) is 0 Å². The predicted octanol–water partition coefficient (Wildman–Crippen LogP) is 2.79. The molecule has 0 atom stereocenters. The molecule has 0 saturated heterocycles. The third kappa shape index (κ3) is 3.46. The summed E-state index contributed by atoms with van der Waals surface area (Å²) in [5.41, 5.74) is 0.841. The number of para-hydroxylation sites is 1. The Labute approximate surface area is 140 Å². The molecule has 0 radical (unpaired) electrons. The summed E-state index contributed by atoms with van der Waals surface area (Å²) < 4.78 is 32.5. The number of benzene rings is 2. The van der Waals surface area contributed by atoms with E-state index in [4.69, 9.17) is 0 Å². The van der Waals surface area contributed by atoms with Crippen LogP contribution in [0.1, 0.15) is 33.2 Å². The summed E-state index contributed by atoms with van der Waals surface area (Å²) >= 11 is 0. The highest BCUT2D eigenvalue weighted by atomic mass is 32.2. The van der Waals surface area contributed by atoms with E-state index in [0.29, 0.717) is 5.56 Å². The van der Waals surface area contributed by atoms with Crippen molar-refractivity contribution < 1.29 is 22.7 Å². The number of nitrogens with one attached hydrogen (secondary N) is 1. The minimum Gasteiger partial charge on any atom is -0.465 e. The molecule has 126 valence electrons. The van der Waals surface area contributed by atoms with E-state index in [-0.39, 0.29) is 27.5 Å². The Morgan fingerprint density at radius 2 is 1.71 bits per heavy atom. The van der Waals surface area contributed by atoms with Gasteiger partial charge < -0.3 is 4.74 Å². The molecule has 0 amide bonds. The number of Topliss-reactive ketones (excluding diaryl/α,β-unsaturated/α-hetero) is 1. The number of sulfonamides is 1. The molecule has 0 aliphatic rings. The fraction of sp³-hybridized carbons (Fsp3) is 0.176. The van der Waals surface area contributed by atoms with Crippen molar-refractivity contribution in [2.75, 3.05) is 11.8 Å². The Morgan fingerprint density at radius 3 is 2.33 bits per heavy atom. The largest absolute Gasteiger partial charge is 0.465 e. The second kappa shape index (κ2) is 6.84. The van der Waals surface area contributed by atoms with Gasteiger partial charge in [-0.1, -0.05) is 24.3 Å². The highest BCUT2D eigenvalue weighted by Crippen LogP contribution is 2.25. The molecule has 0 aliphatic carbocycles. The molecule has 0 heterocycles. The average Bonchev–Trinajstić information content (AvgIpc) is 2.53. The Balaban J connectivity index is 2.56. The summed E-state index contributed by atoms with van der Waals surface area (Å²) in [7, 11) is -2.90. The lowest BCUT2D eigenvalue weighted by Crippen LogP contribution is -2.19. The lowest BCUT2D eigenvalue weighted by molar-refractivity contribution is 0.0595. The van der Waals surface area contributed by atoms with Crippen LogP contribution in [0.5, 0.6) is 0 Å². The molecule has 2 rings (SSSR count). The van der Waals surface area contributed by atoms with E-state index in [2.05, 4.69) is 9.46 Å². The van der Waals surface area contributed by atoms with Crippen molar-refractivity contribution in [2.24, 2.45) is 0 Å². The normalized spacial score (nSPS) is 11.0. The van der Waals surface area contributed by atoms with Crippen LogP contribution in [0.25, 0.3) is 0 Å². The first-order chi connectivity index (χ1) is 11.3. The molecule has 0 fully saturated rings. The van der Waals surface area contributed by atoms with Crippen LogP contribution in [-0.2, 0) is 14.8 Å². The van der Waals surface area contributed by atoms with E-state index in [1.165, 1.54) is 38.3 Å². The first kappa shape index (κ1) is 17.7. The quantitative estimate of drug-likeness (QED) is 0.663. The number of anilines is 1. The maximum atomic E-state index is 12.7. The van der Waals surface area contributed by atoms with Crippen LogP contribution in [0.3, 0.4) is 0 Å². The van der Waals surface area contributed by atoms with Crippen molar-refractivity contribution in [3.05, 3.63) is 59.2 Å². The van der Waals surface area contributed by atoms with E-state index in [9.17, 15) is 18.0 Å². The van der Waals surface area contributed by atoms with E-state index in [1.54, 1.807) is 25.1 Å². The van der Waals surface area contributed by atoms with Gasteiger partial charge in [-0.3, -0.25) is 9.52 Å². The zero-order valence-electron chi connectivity index (χ0n) is 13.5. The standard InChI is InChI=1S/C17H17NO5S/c1-11-7-6-10-15(16(11)17(20)23-3)24(21,22)18-14-9-5-4-8-13(14)12(2)19/h4-10,18H,1-3H3. The SMILES string of the molecule is COC(=O)c1c(C)cccc1S(=O)(=O)Nc1ccccc1C(C)=O. The van der Waals surface area contributed by atoms with Crippen LogP contribution in [0, 0.1) is 6.92 Å². The Bertz CT molecular complexity index is 903. The molecule has 2 aromatic rings. The number of aryl methyl sites for hydroxylation is 1. The molecule has 7 heteroatoms. The fourth-order valence-electron chi connectivity index (χ4n) is 2.31. The van der Waals surface area contributed by atoms with Crippen LogP contribution in [0.15, 0.2) is 47.4 Å². The number of hydrogen-bond acceptors (Lipinski definition) is 5. The fourth-order valence-corrected chi connectivity index (χ4v) is 3.66. The Morgan fingerprint density at radius 1 is 1.04 bits per heavy atom. The minimum atomic E-state index is -4.08. The number of rotatable bonds is 5. The molecule has 0 saturated carbocycles. The van der Waals surface area contributed by atoms with Gasteiger partial charge in [0.15, 0.2) is 5.78 Å². The molecule has 0 aromatic heterocycles. The van der Waals surface area contributed by atoms with Crippen molar-refractivity contribution in [3.63, 3.8) is 0 Å². The maximum absolute atomic E-state index is 12.7. The van der Waals surface area contributed by atoms with E-state index >= 15 is 0 Å². The van der Waals surface area contributed by atoms with Gasteiger partial charge >= 0.3 is 5.97 Å². The number of carbonyl (C=O) groups excluding carboxylic acids is 2. The summed E-state index contributed by atoms with van der Waals surface area (Å²) in [6.07, 6.45) is 0. The third-order valence-electron chi connectivity index (χ3n) is 3.46. The highest BCUT2D eigenvalue weighted by Gasteiger charge is 2.25. The molecule has 0 aliphatic heterocycles. The summed E-state index contributed by atoms with van der Waals surface area (Å²) in [4.78, 5) is 23.4. The van der Waals surface area contributed by atoms with Crippen molar-refractivity contribution >= 4 is 27.5 Å². The summed E-state index contributed by atoms with van der Waals surface area (Å²) in [6, 6.07) is 10.7. The Kier molecular flexibility index (Phi) is 5.04. The number of esters is 1. The molecule has 6 nitrogen and oxygen atoms in total. The molecular weight excluding hydrogens is 330 g/mol. The predicted molar refractivity (Wildman–Crippen MR) is 89.8 cm³/mol. The molecule has 0 spiro atoms. The zero-order valence-corrected chi connectivity index (χ0v) is 14.3. The number of hydrogen-bond donors (Lipinski definition) is 1. The van der Waals surface area contributed by atoms with Crippen molar-refractivity contribution in [2.45, 2.75) is 18.7 Å². The van der Waals surface area contributed by atoms with E-state index < -0.39 is 16.0 Å². The average molecular weight is 347 g/mol. The van der Waals surface area contributed by atoms with Gasteiger partial charge in [-0.25, -0.2) is 13.2 Å². The van der Waals surface area contributed by atoms with Gasteiger partial charge in [0.1, 0.15) is 4.90 Å². The second-order valence-corrected chi connectivity index (χ2v) is 6.80. The van der Waals surface area contributed by atoms with Crippen LogP contribution < -0.4 is 4.72 Å². The molecule has 0 unspecified atom stereocenters. The highest BCUT2D eigenvalue weighted by molar-refractivity contribution is 7.92. The van der Waals surface area contributed by atoms with Gasteiger partial charge in [0.2, 0.25) is 0 Å². The van der Waals surface area contributed by atoms with Crippen molar-refractivity contribution in [1.29, 1.82) is 0 Å². The first-order valence-corrected chi connectivity index (χ1v) is 8.57. The summed E-state index contributed by atoms with van der Waals surface area (Å²) in [5.74, 6) is -1.01. The van der Waals surface area contributed by atoms with Gasteiger partial charge in [-0.05, 0) is 37.6 Å². The summed E-state index contributed by atoms with van der Waals surface area (Å²) in [6.45, 7) is 2.97. The second-order valence-electron chi connectivity index (χ2n) is 5.15. The minimum absolute atomic E-state index is 0.0344. The van der Waals surface area contributed by atoms with Crippen LogP contribution in [0.4, 0.5) is 5.69 Å². The number of ether oxygens (including phenoxy) is 1. The molecule has 2 aromatic carbocycles. The molecular formula is C17H17NO5S.